The molecule has 7 nitrogen and oxygen atoms in total. The highest BCUT2D eigenvalue weighted by Crippen LogP contribution is 2.66. The van der Waals surface area contributed by atoms with Crippen molar-refractivity contribution >= 4 is 17.7 Å². The van der Waals surface area contributed by atoms with Crippen LogP contribution in [0.4, 0.5) is 0 Å². The Morgan fingerprint density at radius 2 is 1.45 bits per heavy atom. The standard InChI is InChI=1S/C31H30O7/c1-4-36-28(33)30(29(34)37-5-2)19-24(20-15-17-22(35-3)18-16-20)31(26(30)21-11-7-6-8-12-21)27(32)23-13-9-10-14-25(23)38-31/h6-18,24,26H,4-5,19H2,1-3H3/t24-,26-,31+/m0/s1. The molecule has 0 N–H and O–H groups in total. The van der Waals surface area contributed by atoms with Crippen LogP contribution >= 0.6 is 0 Å². The fraction of sp³-hybridized carbons (Fsp3) is 0.323. The van der Waals surface area contributed by atoms with Crippen LogP contribution < -0.4 is 9.47 Å². The Labute approximate surface area is 221 Å². The Balaban J connectivity index is 1.83. The number of hydrogen-bond acceptors (Lipinski definition) is 7. The van der Waals surface area contributed by atoms with Crippen LogP contribution in [-0.2, 0) is 19.1 Å². The minimum Gasteiger partial charge on any atom is -0.497 e. The van der Waals surface area contributed by atoms with Gasteiger partial charge in [-0.2, -0.15) is 0 Å². The van der Waals surface area contributed by atoms with E-state index in [1.165, 1.54) is 0 Å². The molecule has 1 saturated carbocycles. The number of methoxy groups -OCH3 is 1. The second-order valence-corrected chi connectivity index (χ2v) is 9.51. The lowest BCUT2D eigenvalue weighted by molar-refractivity contribution is -0.174. The molecule has 1 fully saturated rings. The first-order valence-corrected chi connectivity index (χ1v) is 12.8. The molecule has 1 heterocycles. The number of fused-ring (bicyclic) bond motifs is 1. The van der Waals surface area contributed by atoms with Gasteiger partial charge in [-0.05, 0) is 55.7 Å². The third-order valence-electron chi connectivity index (χ3n) is 7.66. The molecule has 0 bridgehead atoms. The number of carbonyl (C=O) groups is 3. The van der Waals surface area contributed by atoms with Gasteiger partial charge in [0.25, 0.3) is 0 Å². The van der Waals surface area contributed by atoms with E-state index >= 15 is 0 Å². The van der Waals surface area contributed by atoms with Crippen LogP contribution in [0.5, 0.6) is 11.5 Å². The van der Waals surface area contributed by atoms with Crippen LogP contribution in [0.25, 0.3) is 0 Å². The summed E-state index contributed by atoms with van der Waals surface area (Å²) < 4.78 is 23.1. The largest absolute Gasteiger partial charge is 0.497 e. The van der Waals surface area contributed by atoms with Gasteiger partial charge in [-0.25, -0.2) is 0 Å². The van der Waals surface area contributed by atoms with E-state index in [9.17, 15) is 14.4 Å². The van der Waals surface area contributed by atoms with Gasteiger partial charge in [0.1, 0.15) is 11.5 Å². The molecule has 0 saturated heterocycles. The third-order valence-corrected chi connectivity index (χ3v) is 7.66. The summed E-state index contributed by atoms with van der Waals surface area (Å²) in [6.07, 6.45) is -0.0315. The predicted octanol–water partition coefficient (Wildman–Crippen LogP) is 5.09. The van der Waals surface area contributed by atoms with E-state index in [1.54, 1.807) is 57.4 Å². The first-order valence-electron chi connectivity index (χ1n) is 12.8. The zero-order valence-electron chi connectivity index (χ0n) is 21.6. The average molecular weight is 515 g/mol. The number of para-hydroxylation sites is 1. The Morgan fingerprint density at radius 3 is 2.03 bits per heavy atom. The van der Waals surface area contributed by atoms with Crippen molar-refractivity contribution in [3.05, 3.63) is 95.6 Å². The number of esters is 2. The van der Waals surface area contributed by atoms with Gasteiger partial charge in [-0.15, -0.1) is 0 Å². The van der Waals surface area contributed by atoms with E-state index in [4.69, 9.17) is 18.9 Å². The lowest BCUT2D eigenvalue weighted by atomic mass is 9.67. The molecule has 7 heteroatoms. The van der Waals surface area contributed by atoms with Crippen molar-refractivity contribution in [2.75, 3.05) is 20.3 Å². The maximum absolute atomic E-state index is 14.5. The van der Waals surface area contributed by atoms with E-state index in [2.05, 4.69) is 0 Å². The Kier molecular flexibility index (Phi) is 6.69. The Morgan fingerprint density at radius 1 is 0.842 bits per heavy atom. The van der Waals surface area contributed by atoms with Gasteiger partial charge in [0, 0.05) is 5.92 Å². The van der Waals surface area contributed by atoms with Gasteiger partial charge in [-0.3, -0.25) is 14.4 Å². The molecule has 196 valence electrons. The van der Waals surface area contributed by atoms with E-state index in [-0.39, 0.29) is 25.4 Å². The number of rotatable bonds is 7. The quantitative estimate of drug-likeness (QED) is 0.320. The molecule has 1 aliphatic carbocycles. The van der Waals surface area contributed by atoms with Crippen LogP contribution in [0.15, 0.2) is 78.9 Å². The molecule has 3 aromatic rings. The van der Waals surface area contributed by atoms with Crippen molar-refractivity contribution in [3.8, 4) is 11.5 Å². The summed E-state index contributed by atoms with van der Waals surface area (Å²) in [6, 6.07) is 23.4. The predicted molar refractivity (Wildman–Crippen MR) is 139 cm³/mol. The molecule has 5 rings (SSSR count). The summed E-state index contributed by atoms with van der Waals surface area (Å²) in [5.74, 6) is -2.36. The van der Waals surface area contributed by atoms with Crippen LogP contribution in [-0.4, -0.2) is 43.6 Å². The monoisotopic (exact) mass is 514 g/mol. The highest BCUT2D eigenvalue weighted by molar-refractivity contribution is 6.12. The maximum atomic E-state index is 14.5. The maximum Gasteiger partial charge on any atom is 0.324 e. The molecule has 1 aliphatic heterocycles. The first-order chi connectivity index (χ1) is 18.4. The Bertz CT molecular complexity index is 1330. The molecule has 0 unspecified atom stereocenters. The molecule has 38 heavy (non-hydrogen) atoms. The minimum absolute atomic E-state index is 0.0315. The second kappa shape index (κ2) is 9.97. The van der Waals surface area contributed by atoms with Gasteiger partial charge in [0.2, 0.25) is 5.78 Å². The van der Waals surface area contributed by atoms with Gasteiger partial charge < -0.3 is 18.9 Å². The molecule has 1 spiro atoms. The second-order valence-electron chi connectivity index (χ2n) is 9.51. The molecule has 2 aliphatic rings. The van der Waals surface area contributed by atoms with Crippen LogP contribution in [0.2, 0.25) is 0 Å². The van der Waals surface area contributed by atoms with Gasteiger partial charge in [0.15, 0.2) is 11.0 Å². The summed E-state index contributed by atoms with van der Waals surface area (Å²) in [6.45, 7) is 3.51. The summed E-state index contributed by atoms with van der Waals surface area (Å²) in [5, 5.41) is 0. The van der Waals surface area contributed by atoms with Crippen LogP contribution in [0.3, 0.4) is 0 Å². The lowest BCUT2D eigenvalue weighted by Gasteiger charge is -2.38. The number of benzene rings is 3. The van der Waals surface area contributed by atoms with Crippen molar-refractivity contribution < 1.29 is 33.3 Å². The average Bonchev–Trinajstić information content (AvgIpc) is 3.42. The zero-order chi connectivity index (χ0) is 26.9. The summed E-state index contributed by atoms with van der Waals surface area (Å²) in [7, 11) is 1.57. The van der Waals surface area contributed by atoms with E-state index in [1.807, 2.05) is 42.5 Å². The first kappa shape index (κ1) is 25.5. The molecule has 0 amide bonds. The fourth-order valence-corrected chi connectivity index (χ4v) is 6.14. The van der Waals surface area contributed by atoms with Crippen molar-refractivity contribution in [2.45, 2.75) is 37.7 Å². The van der Waals surface area contributed by atoms with Crippen LogP contribution in [0.1, 0.15) is 53.6 Å². The zero-order valence-corrected chi connectivity index (χ0v) is 21.6. The highest BCUT2D eigenvalue weighted by Gasteiger charge is 2.76. The Hall–Kier alpha value is -4.13. The molecule has 3 atom stereocenters. The highest BCUT2D eigenvalue weighted by atomic mass is 16.6. The van der Waals surface area contributed by atoms with Gasteiger partial charge in [-0.1, -0.05) is 54.6 Å². The molecule has 0 aromatic heterocycles. The minimum atomic E-state index is -1.82. The molecule has 0 radical (unpaired) electrons. The van der Waals surface area contributed by atoms with Crippen molar-refractivity contribution in [1.29, 1.82) is 0 Å². The summed E-state index contributed by atoms with van der Waals surface area (Å²) >= 11 is 0. The lowest BCUT2D eigenvalue weighted by Crippen LogP contribution is -2.53. The van der Waals surface area contributed by atoms with Gasteiger partial charge in [0.05, 0.1) is 31.8 Å². The van der Waals surface area contributed by atoms with Crippen LogP contribution in [0, 0.1) is 5.41 Å². The van der Waals surface area contributed by atoms with Crippen molar-refractivity contribution in [1.82, 2.24) is 0 Å². The fourth-order valence-electron chi connectivity index (χ4n) is 6.14. The normalized spacial score (nSPS) is 23.0. The number of carbonyl (C=O) groups excluding carboxylic acids is 3. The van der Waals surface area contributed by atoms with Crippen molar-refractivity contribution in [2.24, 2.45) is 5.41 Å². The SMILES string of the molecule is CCOC(=O)C1(C(=O)OCC)C[C@@H](c2ccc(OC)cc2)[C@@]2(Oc3ccccc3C2=O)[C@H]1c1ccccc1. The van der Waals surface area contributed by atoms with E-state index in [0.717, 1.165) is 5.56 Å². The smallest absolute Gasteiger partial charge is 0.324 e. The number of Topliss-reactive ketones (excluding diaryl/α,β-unsaturated/α-hetero) is 1. The molecular weight excluding hydrogens is 484 g/mol. The van der Waals surface area contributed by atoms with E-state index < -0.39 is 34.8 Å². The third kappa shape index (κ3) is 3.68. The van der Waals surface area contributed by atoms with Gasteiger partial charge >= 0.3 is 11.9 Å². The van der Waals surface area contributed by atoms with Crippen molar-refractivity contribution in [3.63, 3.8) is 0 Å². The topological polar surface area (TPSA) is 88.1 Å². The summed E-state index contributed by atoms with van der Waals surface area (Å²) in [5.41, 5.74) is -1.65. The summed E-state index contributed by atoms with van der Waals surface area (Å²) in [4.78, 5) is 42.4. The molecular formula is C31H30O7. The van der Waals surface area contributed by atoms with E-state index in [0.29, 0.717) is 22.6 Å². The number of hydrogen-bond donors (Lipinski definition) is 0. The number of ketones is 1. The molecule has 3 aromatic carbocycles. The number of ether oxygens (including phenoxy) is 4.